The zero-order valence-electron chi connectivity index (χ0n) is 40.1. The molecular weight excluding hydrogens is 907 g/mol. The third-order valence-corrected chi connectivity index (χ3v) is 12.1. The molecule has 6 N–H and O–H groups in total. The van der Waals surface area contributed by atoms with E-state index in [9.17, 15) is 32.7 Å². The van der Waals surface area contributed by atoms with Gasteiger partial charge < -0.3 is 45.5 Å². The van der Waals surface area contributed by atoms with Crippen molar-refractivity contribution in [1.82, 2.24) is 25.0 Å². The number of pyridine rings is 1. The zero-order chi connectivity index (χ0) is 50.0. The van der Waals surface area contributed by atoms with Gasteiger partial charge in [0.05, 0.1) is 43.1 Å². The minimum Gasteiger partial charge on any atom is -0.496 e. The Morgan fingerprint density at radius 2 is 1.54 bits per heavy atom. The highest BCUT2D eigenvalue weighted by Crippen LogP contribution is 2.40. The highest BCUT2D eigenvalue weighted by molar-refractivity contribution is 7.92. The highest BCUT2D eigenvalue weighted by Gasteiger charge is 2.26. The number of methoxy groups -OCH3 is 2. The first kappa shape index (κ1) is 51.2. The van der Waals surface area contributed by atoms with Crippen LogP contribution in [0.1, 0.15) is 49.5 Å². The molecule has 4 aromatic carbocycles. The molecule has 69 heavy (non-hydrogen) atoms. The second kappa shape index (κ2) is 22.3. The van der Waals surface area contributed by atoms with E-state index in [1.807, 2.05) is 45.0 Å². The monoisotopic (exact) mass is 967 g/mol. The van der Waals surface area contributed by atoms with Crippen LogP contribution in [0.2, 0.25) is 0 Å². The van der Waals surface area contributed by atoms with Crippen LogP contribution in [-0.2, 0) is 25.0 Å². The molecule has 6 rings (SSSR count). The van der Waals surface area contributed by atoms with Gasteiger partial charge in [-0.1, -0.05) is 45.0 Å². The molecule has 0 radical (unpaired) electrons. The molecule has 0 unspecified atom stereocenters. The Balaban J connectivity index is 1.05. The summed E-state index contributed by atoms with van der Waals surface area (Å²) in [6.07, 6.45) is 3.06. The Hall–Kier alpha value is -7.16. The molecular formula is C49H61N9O10S. The van der Waals surface area contributed by atoms with Crippen LogP contribution in [0.25, 0.3) is 10.8 Å². The molecule has 4 amide bonds. The van der Waals surface area contributed by atoms with Gasteiger partial charge in [0.25, 0.3) is 5.91 Å². The van der Waals surface area contributed by atoms with Crippen molar-refractivity contribution in [1.29, 1.82) is 0 Å². The van der Waals surface area contributed by atoms with E-state index in [4.69, 9.17) is 14.2 Å². The Kier molecular flexibility index (Phi) is 16.6. The number of hydrogen-bond donors (Lipinski definition) is 6. The van der Waals surface area contributed by atoms with E-state index < -0.39 is 28.1 Å². The molecule has 1 fully saturated rings. The van der Waals surface area contributed by atoms with Crippen molar-refractivity contribution in [2.45, 2.75) is 45.1 Å². The highest BCUT2D eigenvalue weighted by atomic mass is 32.2. The van der Waals surface area contributed by atoms with Crippen LogP contribution in [0, 0.1) is 0 Å². The van der Waals surface area contributed by atoms with Crippen molar-refractivity contribution in [3.63, 3.8) is 0 Å². The zero-order valence-corrected chi connectivity index (χ0v) is 41.0. The molecule has 5 aromatic rings. The Bertz CT molecular complexity index is 2790. The summed E-state index contributed by atoms with van der Waals surface area (Å²) < 4.78 is 44.5. The number of rotatable bonds is 19. The normalized spacial score (nSPS) is 13.6. The Morgan fingerprint density at radius 3 is 2.19 bits per heavy atom. The maximum atomic E-state index is 13.6. The van der Waals surface area contributed by atoms with Crippen LogP contribution in [0.4, 0.5) is 33.4 Å². The number of carboxylic acids is 1. The van der Waals surface area contributed by atoms with Crippen LogP contribution >= 0.6 is 0 Å². The maximum absolute atomic E-state index is 13.6. The van der Waals surface area contributed by atoms with E-state index >= 15 is 0 Å². The van der Waals surface area contributed by atoms with Crippen LogP contribution < -0.4 is 40.2 Å². The summed E-state index contributed by atoms with van der Waals surface area (Å²) in [5.41, 5.74) is 2.32. The van der Waals surface area contributed by atoms with E-state index in [2.05, 4.69) is 35.9 Å². The summed E-state index contributed by atoms with van der Waals surface area (Å²) in [5.74, 6) is 0.673. The van der Waals surface area contributed by atoms with E-state index in [1.165, 1.54) is 14.2 Å². The largest absolute Gasteiger partial charge is 0.496 e. The molecule has 1 aromatic heterocycles. The van der Waals surface area contributed by atoms with Crippen molar-refractivity contribution < 1.29 is 46.9 Å². The molecule has 0 spiro atoms. The number of piperazine rings is 1. The predicted molar refractivity (Wildman–Crippen MR) is 267 cm³/mol. The first-order chi connectivity index (χ1) is 32.7. The van der Waals surface area contributed by atoms with E-state index in [-0.39, 0.29) is 47.2 Å². The predicted octanol–water partition coefficient (Wildman–Crippen LogP) is 6.77. The van der Waals surface area contributed by atoms with E-state index in [0.717, 1.165) is 11.8 Å². The summed E-state index contributed by atoms with van der Waals surface area (Å²) in [5, 5.41) is 22.8. The number of benzene rings is 4. The second-order valence-electron chi connectivity index (χ2n) is 17.8. The fourth-order valence-electron chi connectivity index (χ4n) is 7.83. The lowest BCUT2D eigenvalue weighted by Crippen LogP contribution is -2.50. The van der Waals surface area contributed by atoms with Gasteiger partial charge in [0, 0.05) is 80.5 Å². The molecule has 1 aliphatic rings. The number of nitrogens with one attached hydrogen (secondary N) is 5. The quantitative estimate of drug-likeness (QED) is 0.0502. The van der Waals surface area contributed by atoms with Gasteiger partial charge >= 0.3 is 12.0 Å². The average molecular weight is 968 g/mol. The number of nitrogens with zero attached hydrogens (tertiary/aromatic N) is 4. The van der Waals surface area contributed by atoms with Crippen molar-refractivity contribution in [2.75, 3.05) is 94.5 Å². The molecule has 0 saturated carbocycles. The maximum Gasteiger partial charge on any atom is 0.323 e. The molecule has 20 heteroatoms. The fourth-order valence-corrected chi connectivity index (χ4v) is 8.39. The summed E-state index contributed by atoms with van der Waals surface area (Å²) in [4.78, 5) is 61.1. The fraction of sp³-hybridized carbons (Fsp3) is 0.367. The molecule has 19 nitrogen and oxygen atoms in total. The molecule has 1 aliphatic heterocycles. The lowest BCUT2D eigenvalue weighted by Gasteiger charge is -2.35. The molecule has 368 valence electrons. The molecule has 1 atom stereocenters. The van der Waals surface area contributed by atoms with Gasteiger partial charge in [-0.2, -0.15) is 0 Å². The average Bonchev–Trinajstić information content (AvgIpc) is 3.29. The number of anilines is 5. The summed E-state index contributed by atoms with van der Waals surface area (Å²) in [6, 6.07) is 21.6. The van der Waals surface area contributed by atoms with Crippen molar-refractivity contribution in [3.8, 4) is 23.0 Å². The van der Waals surface area contributed by atoms with Gasteiger partial charge in [0.1, 0.15) is 29.1 Å². The number of hydrogen-bond acceptors (Lipinski definition) is 13. The van der Waals surface area contributed by atoms with Crippen LogP contribution in [0.5, 0.6) is 23.0 Å². The van der Waals surface area contributed by atoms with Crippen LogP contribution in [-0.4, -0.2) is 137 Å². The summed E-state index contributed by atoms with van der Waals surface area (Å²) in [7, 11) is 2.60. The SMILES string of the molecule is COc1cc(Nc2cc(Oc3ccc(NC(=O)Nc4cc(C(C)(C)C)cc(NS(C)(=O)=O)c4OC)c4ccccc34)ccn2)ccc1C(=O)NCCN1CCN(C(=O)CC[C@@H](C(=O)O)N(C)C)CC1. The lowest BCUT2D eigenvalue weighted by molar-refractivity contribution is -0.143. The minimum atomic E-state index is -3.66. The van der Waals surface area contributed by atoms with Crippen molar-refractivity contribution in [2.24, 2.45) is 0 Å². The topological polar surface area (TPSA) is 233 Å². The molecule has 2 heterocycles. The number of fused-ring (bicyclic) bond motifs is 1. The number of likely N-dealkylation sites (N-methyl/N-ethyl adjacent to an activating group) is 1. The number of aliphatic carboxylic acids is 1. The number of ether oxygens (including phenoxy) is 3. The number of carbonyl (C=O) groups is 4. The van der Waals surface area contributed by atoms with Gasteiger partial charge in [-0.25, -0.2) is 18.2 Å². The smallest absolute Gasteiger partial charge is 0.323 e. The minimum absolute atomic E-state index is 0.0554. The number of carbonyl (C=O) groups excluding carboxylic acids is 3. The third-order valence-electron chi connectivity index (χ3n) is 11.5. The van der Waals surface area contributed by atoms with Crippen molar-refractivity contribution >= 4 is 73.2 Å². The first-order valence-electron chi connectivity index (χ1n) is 22.3. The van der Waals surface area contributed by atoms with E-state index in [0.29, 0.717) is 90.0 Å². The van der Waals surface area contributed by atoms with Gasteiger partial charge in [-0.05, 0) is 74.0 Å². The van der Waals surface area contributed by atoms with Gasteiger partial charge in [-0.15, -0.1) is 0 Å². The molecule has 0 aliphatic carbocycles. The van der Waals surface area contributed by atoms with E-state index in [1.54, 1.807) is 84.7 Å². The number of urea groups is 1. The number of carboxylic acid groups (broad SMARTS) is 1. The number of amides is 4. The molecule has 0 bridgehead atoms. The standard InChI is InChI=1S/C49H61N9O10S/c1-49(2,3)31-27-38(45(67-7)39(28-31)55-69(8,64)65)54-48(63)53-37-15-17-41(35-12-10-9-11-34(35)37)68-33-19-20-50-43(30-33)52-32-13-14-36(42(29-32)66-6)46(60)51-21-22-57-23-25-58(26-24-57)44(59)18-16-40(47(61)62)56(4)5/h9-15,17,19-20,27-30,40,55H,16,18,21-26H2,1-8H3,(H,50,52)(H,51,60)(H,61,62)(H2,53,54,63)/t40-/m0/s1. The van der Waals surface area contributed by atoms with Crippen LogP contribution in [0.3, 0.4) is 0 Å². The molecule has 1 saturated heterocycles. The summed E-state index contributed by atoms with van der Waals surface area (Å²) in [6.45, 7) is 9.26. The van der Waals surface area contributed by atoms with Gasteiger partial charge in [0.15, 0.2) is 5.75 Å². The number of sulfonamides is 1. The van der Waals surface area contributed by atoms with Crippen LogP contribution in [0.15, 0.2) is 85.1 Å². The lowest BCUT2D eigenvalue weighted by atomic mass is 9.86. The Morgan fingerprint density at radius 1 is 0.841 bits per heavy atom. The summed E-state index contributed by atoms with van der Waals surface area (Å²) >= 11 is 0. The van der Waals surface area contributed by atoms with Crippen molar-refractivity contribution in [3.05, 3.63) is 96.2 Å². The van der Waals surface area contributed by atoms with Gasteiger partial charge in [-0.3, -0.25) is 28.9 Å². The van der Waals surface area contributed by atoms with Gasteiger partial charge in [0.2, 0.25) is 15.9 Å². The Labute approximate surface area is 402 Å². The second-order valence-corrected chi connectivity index (χ2v) is 19.6. The first-order valence-corrected chi connectivity index (χ1v) is 24.2. The number of aromatic nitrogens is 1. The third kappa shape index (κ3) is 13.7.